The predicted octanol–water partition coefficient (Wildman–Crippen LogP) is 1.81. The maximum atomic E-state index is 13.3. The van der Waals surface area contributed by atoms with Crippen molar-refractivity contribution in [2.24, 2.45) is 5.92 Å². The van der Waals surface area contributed by atoms with Gasteiger partial charge in [0, 0.05) is 12.6 Å². The molecule has 0 unspecified atom stereocenters. The van der Waals surface area contributed by atoms with E-state index in [0.29, 0.717) is 12.2 Å². The molecule has 7 nitrogen and oxygen atoms in total. The van der Waals surface area contributed by atoms with Gasteiger partial charge in [0.1, 0.15) is 0 Å². The van der Waals surface area contributed by atoms with Crippen LogP contribution in [0, 0.1) is 21.8 Å². The van der Waals surface area contributed by atoms with Gasteiger partial charge in [-0.2, -0.15) is 4.39 Å². The topological polar surface area (TPSA) is 85.9 Å². The van der Waals surface area contributed by atoms with Crippen molar-refractivity contribution in [3.63, 3.8) is 0 Å². The van der Waals surface area contributed by atoms with Gasteiger partial charge in [0.05, 0.1) is 22.5 Å². The molecule has 1 aliphatic carbocycles. The van der Waals surface area contributed by atoms with Gasteiger partial charge in [-0.1, -0.05) is 5.21 Å². The molecule has 1 aromatic heterocycles. The monoisotopic (exact) mass is 291 g/mol. The van der Waals surface area contributed by atoms with E-state index in [4.69, 9.17) is 0 Å². The molecule has 1 saturated carbocycles. The van der Waals surface area contributed by atoms with Crippen molar-refractivity contribution < 1.29 is 9.31 Å². The highest BCUT2D eigenvalue weighted by Gasteiger charge is 2.20. The summed E-state index contributed by atoms with van der Waals surface area (Å²) in [5.74, 6) is -0.0880. The summed E-state index contributed by atoms with van der Waals surface area (Å²) in [5, 5.41) is 21.9. The summed E-state index contributed by atoms with van der Waals surface area (Å²) in [4.78, 5) is 9.98. The lowest BCUT2D eigenvalue weighted by atomic mass is 10.2. The summed E-state index contributed by atoms with van der Waals surface area (Å²) in [6, 6.07) is 3.63. The van der Waals surface area contributed by atoms with Gasteiger partial charge in [-0.3, -0.25) is 10.1 Å². The van der Waals surface area contributed by atoms with Crippen LogP contribution in [-0.2, 0) is 6.54 Å². The number of halogens is 1. The van der Waals surface area contributed by atoms with Crippen LogP contribution in [0.4, 0.5) is 10.1 Å². The van der Waals surface area contributed by atoms with E-state index < -0.39 is 16.4 Å². The smallest absolute Gasteiger partial charge is 0.306 e. The zero-order valence-electron chi connectivity index (χ0n) is 11.2. The third-order valence-electron chi connectivity index (χ3n) is 3.37. The third kappa shape index (κ3) is 3.22. The number of rotatable bonds is 6. The highest BCUT2D eigenvalue weighted by molar-refractivity contribution is 5.43. The first-order chi connectivity index (χ1) is 10.1. The normalized spacial score (nSPS) is 14.3. The number of benzene rings is 1. The van der Waals surface area contributed by atoms with Crippen molar-refractivity contribution in [3.05, 3.63) is 46.0 Å². The maximum absolute atomic E-state index is 13.3. The van der Waals surface area contributed by atoms with Crippen LogP contribution in [0.1, 0.15) is 18.5 Å². The highest BCUT2D eigenvalue weighted by atomic mass is 19.1. The molecule has 3 rings (SSSR count). The Morgan fingerprint density at radius 1 is 1.48 bits per heavy atom. The summed E-state index contributed by atoms with van der Waals surface area (Å²) < 4.78 is 14.7. The molecule has 0 aliphatic heterocycles. The first-order valence-electron chi connectivity index (χ1n) is 6.70. The van der Waals surface area contributed by atoms with E-state index in [1.54, 1.807) is 6.20 Å². The molecule has 1 aliphatic rings. The molecule has 0 atom stereocenters. The Kier molecular flexibility index (Phi) is 3.61. The molecular formula is C13H14FN5O2. The zero-order chi connectivity index (χ0) is 14.8. The number of nitrogens with one attached hydrogen (secondary N) is 1. The van der Waals surface area contributed by atoms with Crippen molar-refractivity contribution in [2.45, 2.75) is 19.4 Å². The molecule has 8 heteroatoms. The number of nitrogens with zero attached hydrogens (tertiary/aromatic N) is 4. The van der Waals surface area contributed by atoms with Crippen LogP contribution in [0.15, 0.2) is 24.4 Å². The van der Waals surface area contributed by atoms with Crippen LogP contribution in [0.5, 0.6) is 0 Å². The van der Waals surface area contributed by atoms with E-state index in [1.165, 1.54) is 23.6 Å². The van der Waals surface area contributed by atoms with E-state index in [0.717, 1.165) is 30.3 Å². The Morgan fingerprint density at radius 2 is 2.29 bits per heavy atom. The third-order valence-corrected chi connectivity index (χ3v) is 3.37. The van der Waals surface area contributed by atoms with Crippen LogP contribution in [-0.4, -0.2) is 26.5 Å². The average Bonchev–Trinajstić information content (AvgIpc) is 3.16. The molecular weight excluding hydrogens is 277 g/mol. The molecule has 1 N–H and O–H groups in total. The molecule has 0 spiro atoms. The summed E-state index contributed by atoms with van der Waals surface area (Å²) in [7, 11) is 0. The standard InChI is InChI=1S/C13H14FN5O2/c14-12-4-3-11(5-13(12)19(20)21)18-8-10(16-17-18)7-15-6-9-1-2-9/h3-5,8-9,15H,1-2,6-7H2. The Labute approximate surface area is 119 Å². The number of hydrogen-bond donors (Lipinski definition) is 1. The Bertz CT molecular complexity index is 668. The number of aromatic nitrogens is 3. The van der Waals surface area contributed by atoms with E-state index in [9.17, 15) is 14.5 Å². The molecule has 1 heterocycles. The van der Waals surface area contributed by atoms with Gasteiger partial charge < -0.3 is 5.32 Å². The molecule has 0 amide bonds. The fraction of sp³-hybridized carbons (Fsp3) is 0.385. The minimum absolute atomic E-state index is 0.407. The van der Waals surface area contributed by atoms with Crippen LogP contribution >= 0.6 is 0 Å². The zero-order valence-corrected chi connectivity index (χ0v) is 11.2. The largest absolute Gasteiger partial charge is 0.311 e. The minimum atomic E-state index is -0.866. The Morgan fingerprint density at radius 3 is 3.00 bits per heavy atom. The van der Waals surface area contributed by atoms with Crippen LogP contribution < -0.4 is 5.32 Å². The lowest BCUT2D eigenvalue weighted by Crippen LogP contribution is -2.16. The van der Waals surface area contributed by atoms with Crippen molar-refractivity contribution >= 4 is 5.69 Å². The van der Waals surface area contributed by atoms with Gasteiger partial charge in [0.15, 0.2) is 0 Å². The molecule has 21 heavy (non-hydrogen) atoms. The fourth-order valence-corrected chi connectivity index (χ4v) is 2.02. The lowest BCUT2D eigenvalue weighted by molar-refractivity contribution is -0.387. The van der Waals surface area contributed by atoms with E-state index in [-0.39, 0.29) is 0 Å². The second-order valence-corrected chi connectivity index (χ2v) is 5.12. The average molecular weight is 291 g/mol. The van der Waals surface area contributed by atoms with E-state index in [1.807, 2.05) is 0 Å². The Balaban J connectivity index is 1.72. The molecule has 0 bridgehead atoms. The highest BCUT2D eigenvalue weighted by Crippen LogP contribution is 2.27. The number of nitro groups is 1. The van der Waals surface area contributed by atoms with Gasteiger partial charge >= 0.3 is 5.69 Å². The summed E-state index contributed by atoms with van der Waals surface area (Å²) in [5.41, 5.74) is 0.572. The van der Waals surface area contributed by atoms with Crippen molar-refractivity contribution in [2.75, 3.05) is 6.54 Å². The molecule has 0 saturated heterocycles. The summed E-state index contributed by atoms with van der Waals surface area (Å²) in [6.07, 6.45) is 4.23. The van der Waals surface area contributed by atoms with Crippen LogP contribution in [0.25, 0.3) is 5.69 Å². The van der Waals surface area contributed by atoms with Gasteiger partial charge in [-0.15, -0.1) is 5.10 Å². The van der Waals surface area contributed by atoms with Gasteiger partial charge in [-0.25, -0.2) is 4.68 Å². The SMILES string of the molecule is O=[N+]([O-])c1cc(-n2cc(CNCC3CC3)nn2)ccc1F. The molecule has 1 fully saturated rings. The summed E-state index contributed by atoms with van der Waals surface area (Å²) >= 11 is 0. The second kappa shape index (κ2) is 5.57. The number of nitro benzene ring substituents is 1. The quantitative estimate of drug-likeness (QED) is 0.648. The van der Waals surface area contributed by atoms with E-state index in [2.05, 4.69) is 15.6 Å². The molecule has 1 aromatic carbocycles. The lowest BCUT2D eigenvalue weighted by Gasteiger charge is -2.01. The fourth-order valence-electron chi connectivity index (χ4n) is 2.02. The summed E-state index contributed by atoms with van der Waals surface area (Å²) in [6.45, 7) is 1.56. The first-order valence-corrected chi connectivity index (χ1v) is 6.70. The predicted molar refractivity (Wildman–Crippen MR) is 72.4 cm³/mol. The van der Waals surface area contributed by atoms with Gasteiger partial charge in [0.2, 0.25) is 5.82 Å². The van der Waals surface area contributed by atoms with Gasteiger partial charge in [-0.05, 0) is 37.4 Å². The second-order valence-electron chi connectivity index (χ2n) is 5.12. The van der Waals surface area contributed by atoms with Crippen LogP contribution in [0.2, 0.25) is 0 Å². The number of hydrogen-bond acceptors (Lipinski definition) is 5. The van der Waals surface area contributed by atoms with Crippen molar-refractivity contribution in [1.29, 1.82) is 0 Å². The molecule has 110 valence electrons. The Hall–Kier alpha value is -2.35. The molecule has 0 radical (unpaired) electrons. The van der Waals surface area contributed by atoms with Crippen molar-refractivity contribution in [1.82, 2.24) is 20.3 Å². The van der Waals surface area contributed by atoms with Crippen LogP contribution in [0.3, 0.4) is 0 Å². The van der Waals surface area contributed by atoms with Gasteiger partial charge in [0.25, 0.3) is 0 Å². The first kappa shape index (κ1) is 13.6. The van der Waals surface area contributed by atoms with E-state index >= 15 is 0 Å². The minimum Gasteiger partial charge on any atom is -0.311 e. The van der Waals surface area contributed by atoms with Crippen molar-refractivity contribution in [3.8, 4) is 5.69 Å². The maximum Gasteiger partial charge on any atom is 0.306 e. The molecule has 2 aromatic rings.